The second kappa shape index (κ2) is 7.16. The summed E-state index contributed by atoms with van der Waals surface area (Å²) in [6.45, 7) is 3.16. The first kappa shape index (κ1) is 15.5. The molecule has 0 saturated heterocycles. The van der Waals surface area contributed by atoms with E-state index < -0.39 is 24.4 Å². The normalized spacial score (nSPS) is 13.0. The molecule has 2 unspecified atom stereocenters. The smallest absolute Gasteiger partial charge is 0.407 e. The van der Waals surface area contributed by atoms with Crippen molar-refractivity contribution in [1.29, 1.82) is 0 Å². The third-order valence-electron chi connectivity index (χ3n) is 2.21. The van der Waals surface area contributed by atoms with Gasteiger partial charge in [0.15, 0.2) is 12.2 Å². The van der Waals surface area contributed by atoms with Crippen molar-refractivity contribution in [2.75, 3.05) is 14.1 Å². The molecule has 1 aromatic rings. The molecule has 10 nitrogen and oxygen atoms in total. The largest absolute Gasteiger partial charge is 0.438 e. The average molecular weight is 284 g/mol. The molecule has 0 aromatic carbocycles. The van der Waals surface area contributed by atoms with Gasteiger partial charge in [-0.05, 0) is 13.8 Å². The van der Waals surface area contributed by atoms with E-state index in [9.17, 15) is 9.59 Å². The summed E-state index contributed by atoms with van der Waals surface area (Å²) in [5.74, 6) is 0.286. The highest BCUT2D eigenvalue weighted by Crippen LogP contribution is 2.13. The van der Waals surface area contributed by atoms with Gasteiger partial charge in [-0.1, -0.05) is 0 Å². The minimum absolute atomic E-state index is 0.143. The van der Waals surface area contributed by atoms with E-state index in [1.54, 1.807) is 13.8 Å². The Morgan fingerprint density at radius 2 is 1.15 bits per heavy atom. The number of rotatable bonds is 4. The summed E-state index contributed by atoms with van der Waals surface area (Å²) in [7, 11) is 2.88. The fourth-order valence-electron chi connectivity index (χ4n) is 1.11. The summed E-state index contributed by atoms with van der Waals surface area (Å²) >= 11 is 0. The first-order valence-corrected chi connectivity index (χ1v) is 5.81. The molecule has 0 aliphatic heterocycles. The highest BCUT2D eigenvalue weighted by molar-refractivity contribution is 5.67. The zero-order valence-corrected chi connectivity index (χ0v) is 11.6. The monoisotopic (exact) mass is 284 g/mol. The number of aromatic nitrogens is 4. The Kier molecular flexibility index (Phi) is 5.56. The molecule has 0 bridgehead atoms. The molecule has 20 heavy (non-hydrogen) atoms. The predicted octanol–water partition coefficient (Wildman–Crippen LogP) is 0.101. The van der Waals surface area contributed by atoms with Crippen molar-refractivity contribution >= 4 is 12.2 Å². The Hall–Kier alpha value is -2.52. The summed E-state index contributed by atoms with van der Waals surface area (Å²) in [6, 6.07) is 0. The number of alkyl carbamates (subject to hydrolysis) is 2. The van der Waals surface area contributed by atoms with Gasteiger partial charge in [0, 0.05) is 14.1 Å². The zero-order chi connectivity index (χ0) is 15.1. The van der Waals surface area contributed by atoms with Crippen LogP contribution in [0.4, 0.5) is 9.59 Å². The van der Waals surface area contributed by atoms with E-state index in [0.29, 0.717) is 0 Å². The number of carbonyl (C=O) groups is 2. The second-order valence-corrected chi connectivity index (χ2v) is 3.71. The molecule has 0 spiro atoms. The molecule has 0 aliphatic carbocycles. The molecule has 10 heteroatoms. The van der Waals surface area contributed by atoms with E-state index >= 15 is 0 Å². The van der Waals surface area contributed by atoms with Crippen LogP contribution in [0.15, 0.2) is 0 Å². The molecule has 2 amide bonds. The Balaban J connectivity index is 2.68. The van der Waals surface area contributed by atoms with Crippen molar-refractivity contribution in [2.45, 2.75) is 26.1 Å². The standard InChI is InChI=1S/C10H16N6O4/c1-5(19-9(17)11-3)7-13-15-8(16-14-7)6(2)20-10(18)12-4/h5-6H,1-4H3,(H,11,17)(H,12,18). The Labute approximate surface area is 115 Å². The maximum atomic E-state index is 11.0. The number of amides is 2. The lowest BCUT2D eigenvalue weighted by Gasteiger charge is -2.12. The number of hydrogen-bond acceptors (Lipinski definition) is 8. The summed E-state index contributed by atoms with van der Waals surface area (Å²) in [5, 5.41) is 19.7. The van der Waals surface area contributed by atoms with Crippen molar-refractivity contribution in [2.24, 2.45) is 0 Å². The highest BCUT2D eigenvalue weighted by atomic mass is 16.6. The maximum Gasteiger partial charge on any atom is 0.407 e. The first-order chi connectivity index (χ1) is 9.47. The number of nitrogens with one attached hydrogen (secondary N) is 2. The first-order valence-electron chi connectivity index (χ1n) is 5.81. The minimum Gasteiger partial charge on any atom is -0.438 e. The van der Waals surface area contributed by atoms with Crippen molar-refractivity contribution in [3.8, 4) is 0 Å². The van der Waals surface area contributed by atoms with Crippen LogP contribution in [0.5, 0.6) is 0 Å². The molecule has 110 valence electrons. The molecule has 2 N–H and O–H groups in total. The molecular weight excluding hydrogens is 268 g/mol. The molecule has 1 rings (SSSR count). The second-order valence-electron chi connectivity index (χ2n) is 3.71. The van der Waals surface area contributed by atoms with E-state index in [2.05, 4.69) is 31.0 Å². The van der Waals surface area contributed by atoms with E-state index in [4.69, 9.17) is 9.47 Å². The van der Waals surface area contributed by atoms with Crippen molar-refractivity contribution in [1.82, 2.24) is 31.0 Å². The summed E-state index contributed by atoms with van der Waals surface area (Å²) in [6.07, 6.45) is -2.61. The van der Waals surface area contributed by atoms with E-state index in [1.165, 1.54) is 14.1 Å². The van der Waals surface area contributed by atoms with Crippen LogP contribution in [0, 0.1) is 0 Å². The fraction of sp³-hybridized carbons (Fsp3) is 0.600. The topological polar surface area (TPSA) is 128 Å². The van der Waals surface area contributed by atoms with Gasteiger partial charge in [-0.15, -0.1) is 20.4 Å². The fourth-order valence-corrected chi connectivity index (χ4v) is 1.11. The summed E-state index contributed by atoms with van der Waals surface area (Å²) in [4.78, 5) is 22.1. The molecule has 1 heterocycles. The lowest BCUT2D eigenvalue weighted by Crippen LogP contribution is -2.24. The third-order valence-corrected chi connectivity index (χ3v) is 2.21. The summed E-state index contributed by atoms with van der Waals surface area (Å²) < 4.78 is 9.83. The minimum atomic E-state index is -0.695. The van der Waals surface area contributed by atoms with Gasteiger partial charge in [0.1, 0.15) is 0 Å². The van der Waals surface area contributed by atoms with Gasteiger partial charge in [-0.2, -0.15) is 0 Å². The van der Waals surface area contributed by atoms with Crippen LogP contribution in [-0.2, 0) is 9.47 Å². The zero-order valence-electron chi connectivity index (χ0n) is 11.6. The van der Waals surface area contributed by atoms with E-state index in [-0.39, 0.29) is 11.6 Å². The van der Waals surface area contributed by atoms with Crippen LogP contribution < -0.4 is 10.6 Å². The van der Waals surface area contributed by atoms with Crippen molar-refractivity contribution in [3.05, 3.63) is 11.6 Å². The lowest BCUT2D eigenvalue weighted by atomic mass is 10.4. The third kappa shape index (κ3) is 4.30. The van der Waals surface area contributed by atoms with Crippen LogP contribution in [0.3, 0.4) is 0 Å². The van der Waals surface area contributed by atoms with E-state index in [0.717, 1.165) is 0 Å². The Bertz CT molecular complexity index is 422. The van der Waals surface area contributed by atoms with Gasteiger partial charge >= 0.3 is 12.2 Å². The van der Waals surface area contributed by atoms with Gasteiger partial charge in [-0.25, -0.2) is 9.59 Å². The number of carbonyl (C=O) groups excluding carboxylic acids is 2. The molecule has 2 atom stereocenters. The van der Waals surface area contributed by atoms with Gasteiger partial charge in [0.25, 0.3) is 0 Å². The average Bonchev–Trinajstić information content (AvgIpc) is 2.46. The molecule has 0 aliphatic rings. The number of hydrogen-bond donors (Lipinski definition) is 2. The van der Waals surface area contributed by atoms with Crippen LogP contribution >= 0.6 is 0 Å². The van der Waals surface area contributed by atoms with Crippen LogP contribution in [0.25, 0.3) is 0 Å². The molecule has 0 saturated carbocycles. The molecular formula is C10H16N6O4. The lowest BCUT2D eigenvalue weighted by molar-refractivity contribution is 0.0967. The molecule has 0 radical (unpaired) electrons. The predicted molar refractivity (Wildman–Crippen MR) is 65.5 cm³/mol. The van der Waals surface area contributed by atoms with Crippen molar-refractivity contribution < 1.29 is 19.1 Å². The van der Waals surface area contributed by atoms with Crippen molar-refractivity contribution in [3.63, 3.8) is 0 Å². The van der Waals surface area contributed by atoms with Crippen LogP contribution in [0.2, 0.25) is 0 Å². The van der Waals surface area contributed by atoms with Gasteiger partial charge in [0.2, 0.25) is 11.6 Å². The molecule has 1 aromatic heterocycles. The summed E-state index contributed by atoms with van der Waals surface area (Å²) in [5.41, 5.74) is 0. The maximum absolute atomic E-state index is 11.0. The SMILES string of the molecule is CNC(=O)OC(C)c1nnc(C(C)OC(=O)NC)nn1. The quantitative estimate of drug-likeness (QED) is 0.796. The van der Waals surface area contributed by atoms with Gasteiger partial charge in [-0.3, -0.25) is 0 Å². The highest BCUT2D eigenvalue weighted by Gasteiger charge is 2.18. The van der Waals surface area contributed by atoms with Gasteiger partial charge in [0.05, 0.1) is 0 Å². The van der Waals surface area contributed by atoms with Gasteiger partial charge < -0.3 is 20.1 Å². The molecule has 0 fully saturated rings. The van der Waals surface area contributed by atoms with Crippen LogP contribution in [-0.4, -0.2) is 46.7 Å². The van der Waals surface area contributed by atoms with Crippen LogP contribution in [0.1, 0.15) is 37.7 Å². The number of nitrogens with zero attached hydrogens (tertiary/aromatic N) is 4. The Morgan fingerprint density at radius 1 is 0.850 bits per heavy atom. The Morgan fingerprint density at radius 3 is 1.40 bits per heavy atom. The van der Waals surface area contributed by atoms with E-state index in [1.807, 2.05) is 0 Å². The number of ether oxygens (including phenoxy) is 2.